The molecular formula is C22H21N3O4S. The van der Waals surface area contributed by atoms with E-state index in [1.54, 1.807) is 24.3 Å². The van der Waals surface area contributed by atoms with Gasteiger partial charge in [0.15, 0.2) is 0 Å². The summed E-state index contributed by atoms with van der Waals surface area (Å²) in [5.74, 6) is 1.46. The summed E-state index contributed by atoms with van der Waals surface area (Å²) in [6, 6.07) is 14.5. The maximum absolute atomic E-state index is 12.4. The first-order chi connectivity index (χ1) is 14.7. The molecule has 2 heterocycles. The number of ether oxygens (including phenoxy) is 1. The van der Waals surface area contributed by atoms with Gasteiger partial charge >= 0.3 is 0 Å². The summed E-state index contributed by atoms with van der Waals surface area (Å²) in [6.07, 6.45) is 1.53. The first kappa shape index (κ1) is 20.2. The molecule has 4 rings (SSSR count). The smallest absolute Gasteiger partial charge is 0.276 e. The maximum Gasteiger partial charge on any atom is 0.276 e. The van der Waals surface area contributed by atoms with E-state index in [0.29, 0.717) is 47.6 Å². The number of amides is 2. The number of thioether (sulfide) groups is 1. The van der Waals surface area contributed by atoms with Gasteiger partial charge in [0.25, 0.3) is 22.9 Å². The molecule has 0 aliphatic carbocycles. The van der Waals surface area contributed by atoms with Crippen LogP contribution in [0.15, 0.2) is 58.2 Å². The Morgan fingerprint density at radius 3 is 2.30 bits per heavy atom. The Kier molecular flexibility index (Phi) is 6.13. The number of rotatable bonds is 9. The Hall–Kier alpha value is -3.13. The van der Waals surface area contributed by atoms with Crippen LogP contribution < -0.4 is 4.74 Å². The highest BCUT2D eigenvalue weighted by Gasteiger charge is 2.34. The van der Waals surface area contributed by atoms with Gasteiger partial charge in [0.2, 0.25) is 0 Å². The molecule has 0 bridgehead atoms. The lowest BCUT2D eigenvalue weighted by molar-refractivity contribution is 0.0652. The van der Waals surface area contributed by atoms with Gasteiger partial charge < -0.3 is 9.15 Å². The zero-order chi connectivity index (χ0) is 20.9. The molecule has 2 amide bonds. The highest BCUT2D eigenvalue weighted by molar-refractivity contribution is 7.99. The third-order valence-corrected chi connectivity index (χ3v) is 5.61. The van der Waals surface area contributed by atoms with E-state index in [9.17, 15) is 9.59 Å². The van der Waals surface area contributed by atoms with E-state index in [1.165, 1.54) is 16.7 Å². The number of hydrogen-bond acceptors (Lipinski definition) is 7. The Bertz CT molecular complexity index is 1030. The number of aromatic nitrogens is 2. The molecule has 0 unspecified atom stereocenters. The van der Waals surface area contributed by atoms with Crippen molar-refractivity contribution in [3.63, 3.8) is 0 Å². The number of hydrogen-bond donors (Lipinski definition) is 0. The van der Waals surface area contributed by atoms with Gasteiger partial charge in [-0.3, -0.25) is 14.5 Å². The molecule has 2 aromatic carbocycles. The summed E-state index contributed by atoms with van der Waals surface area (Å²) >= 11 is 1.46. The van der Waals surface area contributed by atoms with Crippen LogP contribution in [-0.2, 0) is 0 Å². The molecule has 30 heavy (non-hydrogen) atoms. The minimum Gasteiger partial charge on any atom is -0.493 e. The monoisotopic (exact) mass is 423 g/mol. The van der Waals surface area contributed by atoms with Crippen molar-refractivity contribution in [1.82, 2.24) is 15.1 Å². The predicted molar refractivity (Wildman–Crippen MR) is 113 cm³/mol. The van der Waals surface area contributed by atoms with Crippen molar-refractivity contribution in [2.75, 3.05) is 18.9 Å². The lowest BCUT2D eigenvalue weighted by Crippen LogP contribution is -2.30. The maximum atomic E-state index is 12.4. The SMILES string of the molecule is CCOc1ccccc1-c1nnc(SCCCCN2C(=O)c3ccccc3C2=O)o1. The summed E-state index contributed by atoms with van der Waals surface area (Å²) in [6.45, 7) is 2.89. The number of unbranched alkanes of at least 4 members (excludes halogenated alkanes) is 1. The number of benzene rings is 2. The number of carbonyl (C=O) groups is 2. The molecule has 0 spiro atoms. The minimum absolute atomic E-state index is 0.210. The quantitative estimate of drug-likeness (QED) is 0.288. The third kappa shape index (κ3) is 4.09. The van der Waals surface area contributed by atoms with E-state index in [-0.39, 0.29) is 11.8 Å². The van der Waals surface area contributed by atoms with Crippen molar-refractivity contribution in [2.45, 2.75) is 25.0 Å². The molecule has 7 nitrogen and oxygen atoms in total. The highest BCUT2D eigenvalue weighted by atomic mass is 32.2. The second kappa shape index (κ2) is 9.13. The molecule has 0 N–H and O–H groups in total. The Balaban J connectivity index is 1.27. The summed E-state index contributed by atoms with van der Waals surface area (Å²) in [4.78, 5) is 26.0. The summed E-state index contributed by atoms with van der Waals surface area (Å²) in [5.41, 5.74) is 1.74. The van der Waals surface area contributed by atoms with Gasteiger partial charge in [-0.25, -0.2) is 0 Å². The van der Waals surface area contributed by atoms with E-state index >= 15 is 0 Å². The van der Waals surface area contributed by atoms with E-state index in [2.05, 4.69) is 10.2 Å². The average molecular weight is 423 g/mol. The molecule has 3 aromatic rings. The van der Waals surface area contributed by atoms with Crippen molar-refractivity contribution < 1.29 is 18.7 Å². The minimum atomic E-state index is -0.210. The van der Waals surface area contributed by atoms with Crippen LogP contribution in [0.4, 0.5) is 0 Å². The second-order valence-electron chi connectivity index (χ2n) is 6.67. The number of carbonyl (C=O) groups excluding carboxylic acids is 2. The van der Waals surface area contributed by atoms with Crippen molar-refractivity contribution in [3.8, 4) is 17.2 Å². The molecule has 0 atom stereocenters. The predicted octanol–water partition coefficient (Wildman–Crippen LogP) is 4.30. The molecule has 154 valence electrons. The first-order valence-corrected chi connectivity index (χ1v) is 10.8. The lowest BCUT2D eigenvalue weighted by atomic mass is 10.1. The molecule has 0 radical (unpaired) electrons. The van der Waals surface area contributed by atoms with Gasteiger partial charge in [0.1, 0.15) is 5.75 Å². The topological polar surface area (TPSA) is 85.5 Å². The summed E-state index contributed by atoms with van der Waals surface area (Å²) in [5, 5.41) is 8.69. The molecule has 0 saturated heterocycles. The zero-order valence-electron chi connectivity index (χ0n) is 16.5. The van der Waals surface area contributed by atoms with Crippen LogP contribution >= 0.6 is 11.8 Å². The normalized spacial score (nSPS) is 13.0. The molecule has 0 fully saturated rings. The molecule has 1 aliphatic heterocycles. The number of nitrogens with zero attached hydrogens (tertiary/aromatic N) is 3. The van der Waals surface area contributed by atoms with Crippen LogP contribution in [0.1, 0.15) is 40.5 Å². The molecule has 1 aliphatic rings. The highest BCUT2D eigenvalue weighted by Crippen LogP contribution is 2.31. The summed E-state index contributed by atoms with van der Waals surface area (Å²) in [7, 11) is 0. The average Bonchev–Trinajstić information content (AvgIpc) is 3.33. The Labute approximate surface area is 178 Å². The largest absolute Gasteiger partial charge is 0.493 e. The van der Waals surface area contributed by atoms with Crippen molar-refractivity contribution in [2.24, 2.45) is 0 Å². The van der Waals surface area contributed by atoms with Crippen molar-refractivity contribution >= 4 is 23.6 Å². The number of imide groups is 1. The van der Waals surface area contributed by atoms with Gasteiger partial charge in [-0.2, -0.15) is 0 Å². The fourth-order valence-electron chi connectivity index (χ4n) is 3.28. The molecule has 8 heteroatoms. The Morgan fingerprint density at radius 2 is 1.60 bits per heavy atom. The second-order valence-corrected chi connectivity index (χ2v) is 7.71. The van der Waals surface area contributed by atoms with Gasteiger partial charge in [0.05, 0.1) is 23.3 Å². The third-order valence-electron chi connectivity index (χ3n) is 4.70. The first-order valence-electron chi connectivity index (χ1n) is 9.82. The fourth-order valence-corrected chi connectivity index (χ4v) is 4.03. The summed E-state index contributed by atoms with van der Waals surface area (Å²) < 4.78 is 11.4. The van der Waals surface area contributed by atoms with Crippen LogP contribution in [0.5, 0.6) is 5.75 Å². The van der Waals surface area contributed by atoms with E-state index in [4.69, 9.17) is 9.15 Å². The molecule has 1 aromatic heterocycles. The van der Waals surface area contributed by atoms with Crippen LogP contribution in [0.2, 0.25) is 0 Å². The fraction of sp³-hybridized carbons (Fsp3) is 0.273. The molecular weight excluding hydrogens is 402 g/mol. The van der Waals surface area contributed by atoms with Gasteiger partial charge in [-0.1, -0.05) is 36.0 Å². The molecule has 0 saturated carbocycles. The van der Waals surface area contributed by atoms with Crippen LogP contribution in [0, 0.1) is 0 Å². The van der Waals surface area contributed by atoms with Gasteiger partial charge in [-0.05, 0) is 44.0 Å². The number of para-hydroxylation sites is 1. The van der Waals surface area contributed by atoms with E-state index in [0.717, 1.165) is 17.7 Å². The van der Waals surface area contributed by atoms with Crippen LogP contribution in [-0.4, -0.2) is 45.8 Å². The lowest BCUT2D eigenvalue weighted by Gasteiger charge is -2.13. The number of fused-ring (bicyclic) bond motifs is 1. The Morgan fingerprint density at radius 1 is 0.933 bits per heavy atom. The van der Waals surface area contributed by atoms with Gasteiger partial charge in [0, 0.05) is 12.3 Å². The van der Waals surface area contributed by atoms with E-state index in [1.807, 2.05) is 31.2 Å². The van der Waals surface area contributed by atoms with E-state index < -0.39 is 0 Å². The van der Waals surface area contributed by atoms with Crippen LogP contribution in [0.3, 0.4) is 0 Å². The van der Waals surface area contributed by atoms with Crippen LogP contribution in [0.25, 0.3) is 11.5 Å². The standard InChI is InChI=1S/C22H21N3O4S/c1-2-28-18-12-6-5-11-17(18)19-23-24-22(29-19)30-14-8-7-13-25-20(26)15-9-3-4-10-16(15)21(25)27/h3-6,9-12H,2,7-8,13-14H2,1H3. The van der Waals surface area contributed by atoms with Gasteiger partial charge in [-0.15, -0.1) is 10.2 Å². The van der Waals surface area contributed by atoms with Crippen molar-refractivity contribution in [1.29, 1.82) is 0 Å². The zero-order valence-corrected chi connectivity index (χ0v) is 17.4. The van der Waals surface area contributed by atoms with Crippen molar-refractivity contribution in [3.05, 3.63) is 59.7 Å².